The molecule has 0 radical (unpaired) electrons. The molecule has 1 fully saturated rings. The molecule has 0 bridgehead atoms. The predicted molar refractivity (Wildman–Crippen MR) is 91.7 cm³/mol. The van der Waals surface area contributed by atoms with Crippen LogP contribution in [0.5, 0.6) is 0 Å². The van der Waals surface area contributed by atoms with Crippen LogP contribution in [-0.2, 0) is 9.59 Å². The molecule has 0 heterocycles. The molecule has 1 aliphatic rings. The van der Waals surface area contributed by atoms with Crippen LogP contribution in [-0.4, -0.2) is 18.4 Å². The van der Waals surface area contributed by atoms with Gasteiger partial charge < -0.3 is 10.6 Å². The van der Waals surface area contributed by atoms with E-state index < -0.39 is 5.41 Å². The summed E-state index contributed by atoms with van der Waals surface area (Å²) in [5.41, 5.74) is 0.962. The van der Waals surface area contributed by atoms with Gasteiger partial charge in [0.2, 0.25) is 11.8 Å². The van der Waals surface area contributed by atoms with Crippen molar-refractivity contribution in [3.8, 4) is 0 Å². The van der Waals surface area contributed by atoms with E-state index in [1.807, 2.05) is 25.1 Å². The lowest BCUT2D eigenvalue weighted by Crippen LogP contribution is -2.40. The van der Waals surface area contributed by atoms with Gasteiger partial charge in [0.05, 0.1) is 0 Å². The number of nitrogens with one attached hydrogen (secondary N) is 2. The van der Waals surface area contributed by atoms with Gasteiger partial charge in [-0.15, -0.1) is 0 Å². The first-order chi connectivity index (χ1) is 10.5. The molecular weight excluding hydrogens is 344 g/mol. The first-order valence-electron chi connectivity index (χ1n) is 7.85. The monoisotopic (exact) mass is 366 g/mol. The highest BCUT2D eigenvalue weighted by Crippen LogP contribution is 2.46. The minimum Gasteiger partial charge on any atom is -0.355 e. The molecule has 0 spiro atoms. The van der Waals surface area contributed by atoms with Gasteiger partial charge >= 0.3 is 0 Å². The van der Waals surface area contributed by atoms with Gasteiger partial charge in [-0.05, 0) is 43.9 Å². The first-order valence-corrected chi connectivity index (χ1v) is 8.65. The quantitative estimate of drug-likeness (QED) is 0.569. The average Bonchev–Trinajstić information content (AvgIpc) is 3.29. The molecule has 0 aliphatic heterocycles. The van der Waals surface area contributed by atoms with E-state index in [0.29, 0.717) is 25.1 Å². The van der Waals surface area contributed by atoms with Gasteiger partial charge in [0.15, 0.2) is 0 Å². The van der Waals surface area contributed by atoms with Gasteiger partial charge in [0.1, 0.15) is 5.41 Å². The maximum atomic E-state index is 12.4. The Kier molecular flexibility index (Phi) is 5.62. The SMILES string of the molecule is CCCCCNC(=O)C1(C(=O)Nc2ccc(C)c(Br)c2)CC1. The number of hydrogen-bond donors (Lipinski definition) is 2. The van der Waals surface area contributed by atoms with Gasteiger partial charge in [-0.25, -0.2) is 0 Å². The van der Waals surface area contributed by atoms with Crippen molar-refractivity contribution in [1.29, 1.82) is 0 Å². The smallest absolute Gasteiger partial charge is 0.240 e. The van der Waals surface area contributed by atoms with E-state index in [9.17, 15) is 9.59 Å². The molecule has 2 rings (SSSR count). The van der Waals surface area contributed by atoms with Crippen molar-refractivity contribution in [3.05, 3.63) is 28.2 Å². The zero-order valence-corrected chi connectivity index (χ0v) is 14.8. The van der Waals surface area contributed by atoms with Crippen molar-refractivity contribution in [1.82, 2.24) is 5.32 Å². The second kappa shape index (κ2) is 7.27. The molecule has 4 nitrogen and oxygen atoms in total. The summed E-state index contributed by atoms with van der Waals surface area (Å²) in [6.07, 6.45) is 4.43. The highest BCUT2D eigenvalue weighted by atomic mass is 79.9. The van der Waals surface area contributed by atoms with E-state index in [4.69, 9.17) is 0 Å². The molecule has 1 aromatic rings. The van der Waals surface area contributed by atoms with Crippen LogP contribution in [0.4, 0.5) is 5.69 Å². The number of carbonyl (C=O) groups is 2. The third kappa shape index (κ3) is 3.88. The largest absolute Gasteiger partial charge is 0.355 e. The topological polar surface area (TPSA) is 58.2 Å². The first kappa shape index (κ1) is 17.0. The number of aryl methyl sites for hydroxylation is 1. The zero-order chi connectivity index (χ0) is 16.2. The number of unbranched alkanes of at least 4 members (excludes halogenated alkanes) is 2. The van der Waals surface area contributed by atoms with Crippen LogP contribution in [0.25, 0.3) is 0 Å². The fourth-order valence-corrected chi connectivity index (χ4v) is 2.73. The van der Waals surface area contributed by atoms with E-state index in [1.54, 1.807) is 0 Å². The van der Waals surface area contributed by atoms with Crippen molar-refractivity contribution in [3.63, 3.8) is 0 Å². The van der Waals surface area contributed by atoms with Crippen LogP contribution in [0.15, 0.2) is 22.7 Å². The zero-order valence-electron chi connectivity index (χ0n) is 13.2. The summed E-state index contributed by atoms with van der Waals surface area (Å²) in [5.74, 6) is -0.330. The normalized spacial score (nSPS) is 15.2. The van der Waals surface area contributed by atoms with Crippen molar-refractivity contribution >= 4 is 33.4 Å². The summed E-state index contributed by atoms with van der Waals surface area (Å²) in [7, 11) is 0. The van der Waals surface area contributed by atoms with Crippen LogP contribution in [0.3, 0.4) is 0 Å². The highest BCUT2D eigenvalue weighted by Gasteiger charge is 2.56. The molecule has 1 aliphatic carbocycles. The fraction of sp³-hybridized carbons (Fsp3) is 0.529. The Labute approximate surface area is 140 Å². The van der Waals surface area contributed by atoms with Crippen molar-refractivity contribution in [2.45, 2.75) is 46.0 Å². The molecule has 0 atom stereocenters. The Morgan fingerprint density at radius 3 is 2.55 bits per heavy atom. The number of halogens is 1. The number of benzene rings is 1. The highest BCUT2D eigenvalue weighted by molar-refractivity contribution is 9.10. The minimum absolute atomic E-state index is 0.132. The van der Waals surface area contributed by atoms with Gasteiger partial charge in [-0.1, -0.05) is 41.8 Å². The summed E-state index contributed by atoms with van der Waals surface area (Å²) in [6.45, 7) is 4.76. The number of carbonyl (C=O) groups excluding carboxylic acids is 2. The van der Waals surface area contributed by atoms with E-state index in [2.05, 4.69) is 33.5 Å². The van der Waals surface area contributed by atoms with E-state index in [-0.39, 0.29) is 11.8 Å². The molecule has 2 amide bonds. The second-order valence-electron chi connectivity index (χ2n) is 5.96. The molecule has 0 aromatic heterocycles. The van der Waals surface area contributed by atoms with Crippen LogP contribution in [0.2, 0.25) is 0 Å². The lowest BCUT2D eigenvalue weighted by atomic mass is 10.0. The summed E-state index contributed by atoms with van der Waals surface area (Å²) < 4.78 is 0.944. The van der Waals surface area contributed by atoms with E-state index in [1.165, 1.54) is 0 Å². The fourth-order valence-electron chi connectivity index (χ4n) is 2.35. The van der Waals surface area contributed by atoms with Crippen LogP contribution in [0, 0.1) is 12.3 Å². The molecule has 0 saturated heterocycles. The van der Waals surface area contributed by atoms with Gasteiger partial charge in [-0.2, -0.15) is 0 Å². The Bertz CT molecular complexity index is 568. The predicted octanol–water partition coefficient (Wildman–Crippen LogP) is 3.78. The lowest BCUT2D eigenvalue weighted by molar-refractivity contribution is -0.134. The summed E-state index contributed by atoms with van der Waals surface area (Å²) in [5, 5.41) is 5.76. The molecular formula is C17H23BrN2O2. The number of amides is 2. The van der Waals surface area contributed by atoms with E-state index in [0.717, 1.165) is 29.3 Å². The van der Waals surface area contributed by atoms with Crippen molar-refractivity contribution in [2.24, 2.45) is 5.41 Å². The Hall–Kier alpha value is -1.36. The molecule has 5 heteroatoms. The summed E-state index contributed by atoms with van der Waals surface area (Å²) in [4.78, 5) is 24.7. The summed E-state index contributed by atoms with van der Waals surface area (Å²) >= 11 is 3.45. The van der Waals surface area contributed by atoms with Crippen LogP contribution in [0.1, 0.15) is 44.6 Å². The molecule has 22 heavy (non-hydrogen) atoms. The van der Waals surface area contributed by atoms with Crippen LogP contribution < -0.4 is 10.6 Å². The molecule has 120 valence electrons. The number of anilines is 1. The maximum absolute atomic E-state index is 12.4. The van der Waals surface area contributed by atoms with E-state index >= 15 is 0 Å². The van der Waals surface area contributed by atoms with Gasteiger partial charge in [0, 0.05) is 16.7 Å². The summed E-state index contributed by atoms with van der Waals surface area (Å²) in [6, 6.07) is 5.65. The Balaban J connectivity index is 1.93. The number of rotatable bonds is 7. The van der Waals surface area contributed by atoms with Crippen molar-refractivity contribution in [2.75, 3.05) is 11.9 Å². The number of hydrogen-bond acceptors (Lipinski definition) is 2. The molecule has 1 aromatic carbocycles. The Morgan fingerprint density at radius 2 is 1.95 bits per heavy atom. The third-order valence-corrected chi connectivity index (χ3v) is 4.97. The maximum Gasteiger partial charge on any atom is 0.240 e. The van der Waals surface area contributed by atoms with Gasteiger partial charge in [0.25, 0.3) is 0 Å². The minimum atomic E-state index is -0.858. The molecule has 0 unspecified atom stereocenters. The second-order valence-corrected chi connectivity index (χ2v) is 6.82. The Morgan fingerprint density at radius 1 is 1.23 bits per heavy atom. The average molecular weight is 367 g/mol. The standard InChI is InChI=1S/C17H23BrN2O2/c1-3-4-5-10-19-15(21)17(8-9-17)16(22)20-13-7-6-12(2)14(18)11-13/h6-7,11H,3-5,8-10H2,1-2H3,(H,19,21)(H,20,22). The molecule has 1 saturated carbocycles. The van der Waals surface area contributed by atoms with Crippen molar-refractivity contribution < 1.29 is 9.59 Å². The molecule has 2 N–H and O–H groups in total. The van der Waals surface area contributed by atoms with Gasteiger partial charge in [-0.3, -0.25) is 9.59 Å². The lowest BCUT2D eigenvalue weighted by Gasteiger charge is -2.16. The third-order valence-electron chi connectivity index (χ3n) is 4.11. The van der Waals surface area contributed by atoms with Crippen LogP contribution >= 0.6 is 15.9 Å².